The van der Waals surface area contributed by atoms with Crippen LogP contribution in [0.25, 0.3) is 0 Å². The summed E-state index contributed by atoms with van der Waals surface area (Å²) in [4.78, 5) is 0.0748. The summed E-state index contributed by atoms with van der Waals surface area (Å²) in [5, 5.41) is 0.199. The summed E-state index contributed by atoms with van der Waals surface area (Å²) in [6.45, 7) is 3.78. The molecular weight excluding hydrogens is 248 g/mol. The van der Waals surface area contributed by atoms with Gasteiger partial charge in [-0.25, -0.2) is 13.1 Å². The van der Waals surface area contributed by atoms with Crippen LogP contribution in [0.1, 0.15) is 19.4 Å². The summed E-state index contributed by atoms with van der Waals surface area (Å²) in [6.07, 6.45) is 0. The summed E-state index contributed by atoms with van der Waals surface area (Å²) in [5.41, 5.74) is 6.19. The molecule has 0 heterocycles. The Hall–Kier alpha value is -0.620. The highest BCUT2D eigenvalue weighted by atomic mass is 35.5. The molecule has 0 aliphatic carbocycles. The number of halogens is 1. The van der Waals surface area contributed by atoms with Crippen LogP contribution in [-0.4, -0.2) is 14.5 Å². The van der Waals surface area contributed by atoms with E-state index in [0.29, 0.717) is 0 Å². The van der Waals surface area contributed by atoms with Crippen molar-refractivity contribution in [2.75, 3.05) is 0 Å². The highest BCUT2D eigenvalue weighted by Crippen LogP contribution is 2.22. The topological polar surface area (TPSA) is 72.2 Å². The fraction of sp³-hybridized carbons (Fsp3) is 0.400. The van der Waals surface area contributed by atoms with Gasteiger partial charge in [0.05, 0.1) is 5.02 Å². The molecular formula is C10H15ClN2O2S. The maximum absolute atomic E-state index is 11.9. The molecule has 0 aliphatic heterocycles. The molecule has 0 fully saturated rings. The molecule has 16 heavy (non-hydrogen) atoms. The van der Waals surface area contributed by atoms with Gasteiger partial charge in [-0.15, -0.1) is 0 Å². The Bertz CT molecular complexity index is 472. The normalized spacial score (nSPS) is 12.1. The number of sulfonamides is 1. The van der Waals surface area contributed by atoms with Crippen molar-refractivity contribution >= 4 is 21.6 Å². The van der Waals surface area contributed by atoms with Gasteiger partial charge in [0.1, 0.15) is 4.90 Å². The number of hydrogen-bond donors (Lipinski definition) is 2. The molecule has 0 radical (unpaired) electrons. The van der Waals surface area contributed by atoms with Gasteiger partial charge in [0, 0.05) is 12.6 Å². The number of nitrogens with one attached hydrogen (secondary N) is 1. The number of rotatable bonds is 4. The molecule has 3 N–H and O–H groups in total. The van der Waals surface area contributed by atoms with Gasteiger partial charge in [-0.1, -0.05) is 17.7 Å². The van der Waals surface area contributed by atoms with E-state index in [1.165, 1.54) is 6.07 Å². The fourth-order valence-corrected chi connectivity index (χ4v) is 3.06. The Morgan fingerprint density at radius 2 is 2.06 bits per heavy atom. The smallest absolute Gasteiger partial charge is 0.242 e. The van der Waals surface area contributed by atoms with Crippen molar-refractivity contribution in [1.29, 1.82) is 0 Å². The lowest BCUT2D eigenvalue weighted by molar-refractivity contribution is 0.570. The van der Waals surface area contributed by atoms with E-state index in [1.807, 2.05) is 0 Å². The second kappa shape index (κ2) is 5.14. The van der Waals surface area contributed by atoms with Crippen molar-refractivity contribution in [3.05, 3.63) is 28.8 Å². The van der Waals surface area contributed by atoms with Crippen LogP contribution in [0.4, 0.5) is 0 Å². The van der Waals surface area contributed by atoms with E-state index in [9.17, 15) is 8.42 Å². The molecule has 90 valence electrons. The second-order valence-corrected chi connectivity index (χ2v) is 5.83. The number of benzene rings is 1. The lowest BCUT2D eigenvalue weighted by Gasteiger charge is -2.11. The van der Waals surface area contributed by atoms with Gasteiger partial charge in [-0.05, 0) is 31.5 Å². The van der Waals surface area contributed by atoms with Gasteiger partial charge in [0.25, 0.3) is 0 Å². The van der Waals surface area contributed by atoms with E-state index in [-0.39, 0.29) is 22.5 Å². The highest BCUT2D eigenvalue weighted by Gasteiger charge is 2.19. The molecule has 0 atom stereocenters. The monoisotopic (exact) mass is 262 g/mol. The Morgan fingerprint density at radius 1 is 1.44 bits per heavy atom. The standard InChI is InChI=1S/C10H15ClN2O2S/c1-7(2)13-16(14,15)10-5-8(6-12)3-4-9(10)11/h3-5,7,13H,6,12H2,1-2H3. The molecule has 0 unspecified atom stereocenters. The summed E-state index contributed by atoms with van der Waals surface area (Å²) in [6, 6.07) is 4.56. The summed E-state index contributed by atoms with van der Waals surface area (Å²) in [5.74, 6) is 0. The van der Waals surface area contributed by atoms with Crippen molar-refractivity contribution in [2.24, 2.45) is 5.73 Å². The van der Waals surface area contributed by atoms with Crippen molar-refractivity contribution < 1.29 is 8.42 Å². The minimum absolute atomic E-state index is 0.0748. The average Bonchev–Trinajstić information content (AvgIpc) is 2.16. The molecule has 1 aromatic carbocycles. The average molecular weight is 263 g/mol. The van der Waals surface area contributed by atoms with E-state index in [1.54, 1.807) is 26.0 Å². The lowest BCUT2D eigenvalue weighted by Crippen LogP contribution is -2.30. The molecule has 0 spiro atoms. The predicted octanol–water partition coefficient (Wildman–Crippen LogP) is 1.49. The third kappa shape index (κ3) is 3.18. The summed E-state index contributed by atoms with van der Waals surface area (Å²) >= 11 is 5.86. The first-order valence-corrected chi connectivity index (χ1v) is 6.73. The SMILES string of the molecule is CC(C)NS(=O)(=O)c1cc(CN)ccc1Cl. The first-order chi connectivity index (χ1) is 7.36. The fourth-order valence-electron chi connectivity index (χ4n) is 1.25. The van der Waals surface area contributed by atoms with Crippen molar-refractivity contribution in [3.8, 4) is 0 Å². The minimum Gasteiger partial charge on any atom is -0.326 e. The highest BCUT2D eigenvalue weighted by molar-refractivity contribution is 7.89. The zero-order valence-electron chi connectivity index (χ0n) is 9.20. The van der Waals surface area contributed by atoms with Crippen LogP contribution in [0, 0.1) is 0 Å². The van der Waals surface area contributed by atoms with Crippen LogP contribution in [-0.2, 0) is 16.6 Å². The first kappa shape index (κ1) is 13.4. The molecule has 0 saturated heterocycles. The van der Waals surface area contributed by atoms with Crippen LogP contribution >= 0.6 is 11.6 Å². The number of nitrogens with two attached hydrogens (primary N) is 1. The minimum atomic E-state index is -3.56. The Balaban J connectivity index is 3.21. The zero-order chi connectivity index (χ0) is 12.3. The maximum atomic E-state index is 11.9. The zero-order valence-corrected chi connectivity index (χ0v) is 10.8. The van der Waals surface area contributed by atoms with Crippen LogP contribution < -0.4 is 10.5 Å². The van der Waals surface area contributed by atoms with Crippen LogP contribution in [0.5, 0.6) is 0 Å². The van der Waals surface area contributed by atoms with E-state index in [0.717, 1.165) is 5.56 Å². The summed E-state index contributed by atoms with van der Waals surface area (Å²) < 4.78 is 26.3. The quantitative estimate of drug-likeness (QED) is 0.863. The third-order valence-electron chi connectivity index (χ3n) is 1.91. The molecule has 0 aliphatic rings. The van der Waals surface area contributed by atoms with Crippen LogP contribution in [0.3, 0.4) is 0 Å². The van der Waals surface area contributed by atoms with Crippen molar-refractivity contribution in [1.82, 2.24) is 4.72 Å². The molecule has 0 aromatic heterocycles. The molecule has 1 rings (SSSR count). The van der Waals surface area contributed by atoms with Crippen LogP contribution in [0.15, 0.2) is 23.1 Å². The van der Waals surface area contributed by atoms with Gasteiger partial charge in [-0.2, -0.15) is 0 Å². The van der Waals surface area contributed by atoms with Gasteiger partial charge in [-0.3, -0.25) is 0 Å². The Labute approximate surface area is 101 Å². The van der Waals surface area contributed by atoms with E-state index in [4.69, 9.17) is 17.3 Å². The van der Waals surface area contributed by atoms with E-state index in [2.05, 4.69) is 4.72 Å². The second-order valence-electron chi connectivity index (χ2n) is 3.74. The largest absolute Gasteiger partial charge is 0.326 e. The van der Waals surface area contributed by atoms with Gasteiger partial charge >= 0.3 is 0 Å². The number of hydrogen-bond acceptors (Lipinski definition) is 3. The van der Waals surface area contributed by atoms with Gasteiger partial charge in [0.15, 0.2) is 0 Å². The maximum Gasteiger partial charge on any atom is 0.242 e. The third-order valence-corrected chi connectivity index (χ3v) is 4.05. The van der Waals surface area contributed by atoms with E-state index >= 15 is 0 Å². The van der Waals surface area contributed by atoms with Gasteiger partial charge in [0.2, 0.25) is 10.0 Å². The molecule has 0 amide bonds. The lowest BCUT2D eigenvalue weighted by atomic mass is 10.2. The summed E-state index contributed by atoms with van der Waals surface area (Å²) in [7, 11) is -3.56. The predicted molar refractivity (Wildman–Crippen MR) is 64.8 cm³/mol. The molecule has 0 bridgehead atoms. The molecule has 6 heteroatoms. The Morgan fingerprint density at radius 3 is 2.56 bits per heavy atom. The van der Waals surface area contributed by atoms with E-state index < -0.39 is 10.0 Å². The first-order valence-electron chi connectivity index (χ1n) is 4.87. The van der Waals surface area contributed by atoms with Crippen molar-refractivity contribution in [3.63, 3.8) is 0 Å². The van der Waals surface area contributed by atoms with Gasteiger partial charge < -0.3 is 5.73 Å². The molecule has 4 nitrogen and oxygen atoms in total. The van der Waals surface area contributed by atoms with Crippen LogP contribution in [0.2, 0.25) is 5.02 Å². The molecule has 1 aromatic rings. The Kier molecular flexibility index (Phi) is 4.32. The molecule has 0 saturated carbocycles. The van der Waals surface area contributed by atoms with Crippen molar-refractivity contribution in [2.45, 2.75) is 31.3 Å².